The average molecular weight is 500 g/mol. The van der Waals surface area contributed by atoms with E-state index in [1.54, 1.807) is 16.7 Å². The van der Waals surface area contributed by atoms with Crippen LogP contribution in [0.2, 0.25) is 0 Å². The Bertz CT molecular complexity index is 1410. The summed E-state index contributed by atoms with van der Waals surface area (Å²) >= 11 is 0. The van der Waals surface area contributed by atoms with Gasteiger partial charge in [0.15, 0.2) is 12.4 Å². The smallest absolute Gasteiger partial charge is 0.293 e. The van der Waals surface area contributed by atoms with Crippen LogP contribution in [0.25, 0.3) is 10.9 Å². The number of aryl methyl sites for hydroxylation is 1. The van der Waals surface area contributed by atoms with E-state index in [1.165, 1.54) is 23.5 Å². The first-order valence-electron chi connectivity index (χ1n) is 12.9. The molecule has 0 radical (unpaired) electrons. The maximum atomic E-state index is 14.4. The Kier molecular flexibility index (Phi) is 7.30. The molecule has 2 N–H and O–H groups in total. The number of nitrogens with zero attached hydrogens (tertiary/aromatic N) is 2. The van der Waals surface area contributed by atoms with Crippen molar-refractivity contribution in [2.75, 3.05) is 4.90 Å². The van der Waals surface area contributed by atoms with Crippen molar-refractivity contribution < 1.29 is 18.5 Å². The summed E-state index contributed by atoms with van der Waals surface area (Å²) in [6, 6.07) is 16.5. The van der Waals surface area contributed by atoms with Crippen LogP contribution in [0.3, 0.4) is 0 Å². The van der Waals surface area contributed by atoms with Crippen LogP contribution in [0.1, 0.15) is 49.3 Å². The van der Waals surface area contributed by atoms with Crippen molar-refractivity contribution in [3.8, 4) is 0 Å². The molecule has 1 unspecified atom stereocenters. The second-order valence-electron chi connectivity index (χ2n) is 9.81. The molecule has 2 heterocycles. The summed E-state index contributed by atoms with van der Waals surface area (Å²) in [5.41, 5.74) is 2.93. The van der Waals surface area contributed by atoms with Gasteiger partial charge in [0, 0.05) is 24.0 Å². The van der Waals surface area contributed by atoms with Gasteiger partial charge >= 0.3 is 0 Å². The van der Waals surface area contributed by atoms with Gasteiger partial charge in [-0.2, -0.15) is 4.57 Å². The highest BCUT2D eigenvalue weighted by atomic mass is 19.1. The first kappa shape index (κ1) is 24.7. The van der Waals surface area contributed by atoms with E-state index in [1.807, 2.05) is 61.9 Å². The number of hydrogen-bond acceptors (Lipinski definition) is 2. The number of aromatic nitrogens is 2. The number of fused-ring (bicyclic) bond motifs is 1. The zero-order valence-corrected chi connectivity index (χ0v) is 21.0. The lowest BCUT2D eigenvalue weighted by Gasteiger charge is -2.33. The van der Waals surface area contributed by atoms with Crippen LogP contribution < -0.4 is 14.8 Å². The Labute approximate surface area is 216 Å². The number of halogens is 1. The van der Waals surface area contributed by atoms with Gasteiger partial charge in [0.05, 0.1) is 10.9 Å². The molecule has 6 nitrogen and oxygen atoms in total. The number of carbonyl (C=O) groups excluding carboxylic acids is 2. The number of anilines is 1. The lowest BCUT2D eigenvalue weighted by molar-refractivity contribution is -0.683. The van der Waals surface area contributed by atoms with Crippen LogP contribution in [0.15, 0.2) is 79.3 Å². The molecule has 0 aliphatic heterocycles. The molecule has 1 aliphatic carbocycles. The topological polar surface area (TPSA) is 69.1 Å². The first-order chi connectivity index (χ1) is 18.0. The summed E-state index contributed by atoms with van der Waals surface area (Å²) < 4.78 is 16.2. The normalized spacial score (nSPS) is 14.9. The number of pyridine rings is 1. The zero-order chi connectivity index (χ0) is 25.8. The Hall–Kier alpha value is -4.00. The van der Waals surface area contributed by atoms with Gasteiger partial charge in [-0.15, -0.1) is 0 Å². The minimum absolute atomic E-state index is 0.00325. The number of benzene rings is 2. The van der Waals surface area contributed by atoms with E-state index in [0.29, 0.717) is 5.69 Å². The molecule has 1 aliphatic rings. The molecule has 2 aromatic carbocycles. The fourth-order valence-electron chi connectivity index (χ4n) is 5.26. The maximum absolute atomic E-state index is 14.4. The van der Waals surface area contributed by atoms with Crippen molar-refractivity contribution in [1.82, 2.24) is 10.3 Å². The highest BCUT2D eigenvalue weighted by molar-refractivity contribution is 6.01. The van der Waals surface area contributed by atoms with Crippen LogP contribution >= 0.6 is 0 Å². The van der Waals surface area contributed by atoms with E-state index < -0.39 is 11.9 Å². The van der Waals surface area contributed by atoms with Crippen LogP contribution in [0, 0.1) is 12.7 Å². The van der Waals surface area contributed by atoms with E-state index in [0.717, 1.165) is 47.7 Å². The molecule has 1 fully saturated rings. The van der Waals surface area contributed by atoms with Crippen LogP contribution in [0.5, 0.6) is 0 Å². The first-order valence-corrected chi connectivity index (χ1v) is 12.9. The van der Waals surface area contributed by atoms with Gasteiger partial charge in [0.2, 0.25) is 12.5 Å². The predicted molar refractivity (Wildman–Crippen MR) is 141 cm³/mol. The Morgan fingerprint density at radius 2 is 1.89 bits per heavy atom. The third-order valence-electron chi connectivity index (χ3n) is 7.16. The molecule has 7 heteroatoms. The molecule has 5 rings (SSSR count). The maximum Gasteiger partial charge on any atom is 0.293 e. The summed E-state index contributed by atoms with van der Waals surface area (Å²) in [5, 5.41) is 4.18. The van der Waals surface area contributed by atoms with Crippen LogP contribution in [0.4, 0.5) is 10.1 Å². The van der Waals surface area contributed by atoms with Crippen molar-refractivity contribution in [3.05, 3.63) is 96.2 Å². The lowest BCUT2D eigenvalue weighted by atomic mass is 9.93. The molecule has 4 aromatic rings. The van der Waals surface area contributed by atoms with Crippen molar-refractivity contribution in [3.63, 3.8) is 0 Å². The number of hydrogen-bond donors (Lipinski definition) is 2. The number of aromatic amines is 1. The molecule has 0 bridgehead atoms. The van der Waals surface area contributed by atoms with Crippen molar-refractivity contribution in [1.29, 1.82) is 0 Å². The molecule has 1 atom stereocenters. The predicted octanol–water partition coefficient (Wildman–Crippen LogP) is 5.13. The highest BCUT2D eigenvalue weighted by Gasteiger charge is 2.36. The third kappa shape index (κ3) is 5.56. The van der Waals surface area contributed by atoms with Gasteiger partial charge in [0.1, 0.15) is 11.9 Å². The molecule has 0 saturated heterocycles. The van der Waals surface area contributed by atoms with Crippen LogP contribution in [-0.2, 0) is 16.1 Å². The van der Waals surface area contributed by atoms with Gasteiger partial charge in [-0.1, -0.05) is 49.6 Å². The Morgan fingerprint density at radius 1 is 1.08 bits per heavy atom. The summed E-state index contributed by atoms with van der Waals surface area (Å²) in [6.07, 6.45) is 10.7. The molecular formula is C30H32FN4O2+. The summed E-state index contributed by atoms with van der Waals surface area (Å²) in [4.78, 5) is 32.6. The van der Waals surface area contributed by atoms with Crippen LogP contribution in [-0.4, -0.2) is 22.8 Å². The van der Waals surface area contributed by atoms with E-state index in [4.69, 9.17) is 0 Å². The summed E-state index contributed by atoms with van der Waals surface area (Å²) in [5.74, 6) is -1.02. The van der Waals surface area contributed by atoms with Gasteiger partial charge in [-0.25, -0.2) is 4.39 Å². The largest absolute Gasteiger partial charge is 0.361 e. The van der Waals surface area contributed by atoms with E-state index in [2.05, 4.69) is 10.3 Å². The molecule has 0 spiro atoms. The number of rotatable bonds is 7. The average Bonchev–Trinajstić information content (AvgIpc) is 3.36. The highest BCUT2D eigenvalue weighted by Crippen LogP contribution is 2.31. The zero-order valence-electron chi connectivity index (χ0n) is 21.0. The molecule has 1 saturated carbocycles. The second-order valence-corrected chi connectivity index (χ2v) is 9.81. The minimum atomic E-state index is -0.936. The molecular weight excluding hydrogens is 467 g/mol. The lowest BCUT2D eigenvalue weighted by Crippen LogP contribution is -2.51. The standard InChI is InChI=1S/C30H31FN4O2/c1-21-8-5-6-13-26(21)29(30(37)33-24-10-3-2-4-11-24)35(25-12-7-9-23(31)18-25)28(36)20-34-17-15-27-22(19-34)14-16-32-27/h5-9,12-19,24,29H,2-4,10-11,20H2,1H3,(H,33,37)/p+1. The number of H-pyrrole nitrogens is 1. The monoisotopic (exact) mass is 499 g/mol. The van der Waals surface area contributed by atoms with Crippen molar-refractivity contribution >= 4 is 28.4 Å². The van der Waals surface area contributed by atoms with Gasteiger partial charge in [0.25, 0.3) is 5.91 Å². The Morgan fingerprint density at radius 3 is 2.68 bits per heavy atom. The number of nitrogens with one attached hydrogen (secondary N) is 2. The third-order valence-corrected chi connectivity index (χ3v) is 7.16. The second kappa shape index (κ2) is 10.9. The van der Waals surface area contributed by atoms with Crippen molar-refractivity contribution in [2.24, 2.45) is 0 Å². The van der Waals surface area contributed by atoms with E-state index in [9.17, 15) is 14.0 Å². The number of amides is 2. The quantitative estimate of drug-likeness (QED) is 0.346. The number of carbonyl (C=O) groups is 2. The fourth-order valence-corrected chi connectivity index (χ4v) is 5.26. The van der Waals surface area contributed by atoms with E-state index in [-0.39, 0.29) is 24.4 Å². The Balaban J connectivity index is 1.56. The van der Waals surface area contributed by atoms with E-state index >= 15 is 0 Å². The van der Waals surface area contributed by atoms with Gasteiger partial charge in [-0.3, -0.25) is 14.5 Å². The SMILES string of the molecule is Cc1ccccc1C(C(=O)NC1CCCCC1)N(C(=O)C[n+]1ccc2[nH]ccc2c1)c1cccc(F)c1. The molecule has 2 amide bonds. The molecule has 37 heavy (non-hydrogen) atoms. The molecule has 2 aromatic heterocycles. The van der Waals surface area contributed by atoms with Gasteiger partial charge < -0.3 is 10.3 Å². The van der Waals surface area contributed by atoms with Crippen molar-refractivity contribution in [2.45, 2.75) is 57.7 Å². The summed E-state index contributed by atoms with van der Waals surface area (Å²) in [7, 11) is 0. The minimum Gasteiger partial charge on any atom is -0.361 e. The fraction of sp³-hybridized carbons (Fsp3) is 0.300. The summed E-state index contributed by atoms with van der Waals surface area (Å²) in [6.45, 7) is 1.93. The van der Waals surface area contributed by atoms with Gasteiger partial charge in [-0.05, 0) is 55.2 Å². The molecule has 190 valence electrons.